The zero-order valence-corrected chi connectivity index (χ0v) is 25.1. The van der Waals surface area contributed by atoms with Crippen LogP contribution in [0, 0.1) is 5.92 Å². The highest BCUT2D eigenvalue weighted by molar-refractivity contribution is 7.90. The van der Waals surface area contributed by atoms with Crippen LogP contribution in [0.2, 0.25) is 5.02 Å². The Hall–Kier alpha value is -3.89. The molecule has 0 saturated carbocycles. The van der Waals surface area contributed by atoms with E-state index in [9.17, 15) is 18.0 Å². The molecule has 0 radical (unpaired) electrons. The molecule has 1 atom stereocenters. The van der Waals surface area contributed by atoms with Crippen molar-refractivity contribution < 1.29 is 22.7 Å². The number of aromatic nitrogens is 2. The van der Waals surface area contributed by atoms with Crippen molar-refractivity contribution in [2.75, 3.05) is 5.32 Å². The van der Waals surface area contributed by atoms with E-state index in [0.717, 1.165) is 3.97 Å². The van der Waals surface area contributed by atoms with Crippen molar-refractivity contribution in [3.8, 4) is 11.1 Å². The van der Waals surface area contributed by atoms with Crippen LogP contribution < -0.4 is 10.6 Å². The number of pyridine rings is 1. The number of nitrogens with one attached hydrogen (secondary N) is 2. The summed E-state index contributed by atoms with van der Waals surface area (Å²) in [6.45, 7) is 9.16. The van der Waals surface area contributed by atoms with E-state index < -0.39 is 33.7 Å². The second kappa shape index (κ2) is 11.9. The highest BCUT2D eigenvalue weighted by Gasteiger charge is 2.26. The van der Waals surface area contributed by atoms with Gasteiger partial charge in [0, 0.05) is 29.0 Å². The maximum absolute atomic E-state index is 13.3. The minimum atomic E-state index is -3.85. The topological polar surface area (TPSA) is 119 Å². The third-order valence-corrected chi connectivity index (χ3v) is 8.09. The van der Waals surface area contributed by atoms with Crippen LogP contribution in [0.25, 0.3) is 22.2 Å². The SMILES string of the molecule is CC(C)C[C@@H](NC(=O)OC(C)(C)C)C(=O)Nc1ccc(-c2ccnc3c2ccn3S(=O)(=O)c2ccccc2)c(Cl)c1. The third kappa shape index (κ3) is 7.07. The van der Waals surface area contributed by atoms with Crippen molar-refractivity contribution in [1.29, 1.82) is 0 Å². The molecule has 0 fully saturated rings. The number of amides is 2. The second-order valence-corrected chi connectivity index (χ2v) is 13.3. The fourth-order valence-corrected chi connectivity index (χ4v) is 5.95. The third-order valence-electron chi connectivity index (χ3n) is 6.10. The zero-order valence-electron chi connectivity index (χ0n) is 23.5. The van der Waals surface area contributed by atoms with Gasteiger partial charge in [0.2, 0.25) is 5.91 Å². The van der Waals surface area contributed by atoms with Crippen LogP contribution >= 0.6 is 11.6 Å². The summed E-state index contributed by atoms with van der Waals surface area (Å²) < 4.78 is 33.0. The number of hydrogen-bond donors (Lipinski definition) is 2. The van der Waals surface area contributed by atoms with E-state index >= 15 is 0 Å². The minimum Gasteiger partial charge on any atom is -0.444 e. The Morgan fingerprint density at radius 1 is 1.02 bits per heavy atom. The molecule has 41 heavy (non-hydrogen) atoms. The summed E-state index contributed by atoms with van der Waals surface area (Å²) in [4.78, 5) is 29.9. The highest BCUT2D eigenvalue weighted by atomic mass is 35.5. The molecule has 2 aromatic carbocycles. The lowest BCUT2D eigenvalue weighted by Gasteiger charge is -2.24. The van der Waals surface area contributed by atoms with Gasteiger partial charge in [-0.05, 0) is 75.1 Å². The van der Waals surface area contributed by atoms with Gasteiger partial charge in [0.1, 0.15) is 11.6 Å². The smallest absolute Gasteiger partial charge is 0.408 e. The van der Waals surface area contributed by atoms with Gasteiger partial charge in [-0.15, -0.1) is 0 Å². The lowest BCUT2D eigenvalue weighted by Crippen LogP contribution is -2.46. The maximum atomic E-state index is 13.3. The molecule has 216 valence electrons. The number of benzene rings is 2. The van der Waals surface area contributed by atoms with E-state index in [1.165, 1.54) is 24.5 Å². The van der Waals surface area contributed by atoms with Gasteiger partial charge in [-0.2, -0.15) is 0 Å². The van der Waals surface area contributed by atoms with Crippen LogP contribution in [0.5, 0.6) is 0 Å². The fraction of sp³-hybridized carbons (Fsp3) is 0.300. The average Bonchev–Trinajstić information content (AvgIpc) is 3.33. The Morgan fingerprint density at radius 2 is 1.73 bits per heavy atom. The number of anilines is 1. The van der Waals surface area contributed by atoms with Crippen LogP contribution in [0.3, 0.4) is 0 Å². The zero-order chi connectivity index (χ0) is 29.9. The van der Waals surface area contributed by atoms with Crippen molar-refractivity contribution >= 4 is 50.3 Å². The van der Waals surface area contributed by atoms with Crippen LogP contribution in [-0.4, -0.2) is 41.0 Å². The van der Waals surface area contributed by atoms with Gasteiger partial charge in [-0.1, -0.05) is 49.7 Å². The Labute approximate surface area is 244 Å². The Balaban J connectivity index is 1.60. The standard InChI is InChI=1S/C30H33ClN4O5S/c1-19(2)17-26(34-29(37)40-30(3,4)5)28(36)33-20-11-12-23(25(31)18-20)22-13-15-32-27-24(22)14-16-35(27)41(38,39)21-9-7-6-8-10-21/h6-16,18-19,26H,17H2,1-5H3,(H,33,36)(H,34,37)/t26-/m1/s1. The lowest BCUT2D eigenvalue weighted by atomic mass is 10.0. The van der Waals surface area contributed by atoms with Gasteiger partial charge in [0.05, 0.1) is 9.92 Å². The molecule has 4 aromatic rings. The van der Waals surface area contributed by atoms with E-state index in [2.05, 4.69) is 15.6 Å². The van der Waals surface area contributed by atoms with Crippen LogP contribution in [0.1, 0.15) is 41.0 Å². The number of ether oxygens (including phenoxy) is 1. The van der Waals surface area contributed by atoms with Gasteiger partial charge in [0.25, 0.3) is 10.0 Å². The molecule has 2 N–H and O–H groups in total. The molecule has 4 rings (SSSR count). The molecule has 0 aliphatic rings. The summed E-state index contributed by atoms with van der Waals surface area (Å²) in [6.07, 6.45) is 2.74. The predicted octanol–water partition coefficient (Wildman–Crippen LogP) is 6.47. The molecular weight excluding hydrogens is 564 g/mol. The number of halogens is 1. The molecule has 2 heterocycles. The molecular formula is C30H33ClN4O5S. The largest absolute Gasteiger partial charge is 0.444 e. The van der Waals surface area contributed by atoms with Crippen molar-refractivity contribution in [3.05, 3.63) is 78.1 Å². The molecule has 0 bridgehead atoms. The summed E-state index contributed by atoms with van der Waals surface area (Å²) in [5.41, 5.74) is 1.33. The first-order valence-corrected chi connectivity index (χ1v) is 14.9. The quantitative estimate of drug-likeness (QED) is 0.240. The maximum Gasteiger partial charge on any atom is 0.408 e. The first kappa shape index (κ1) is 30.1. The van der Waals surface area contributed by atoms with E-state index in [1.54, 1.807) is 69.3 Å². The van der Waals surface area contributed by atoms with Crippen LogP contribution in [0.15, 0.2) is 78.0 Å². The van der Waals surface area contributed by atoms with Gasteiger partial charge in [0.15, 0.2) is 5.65 Å². The second-order valence-electron chi connectivity index (χ2n) is 11.0. The van der Waals surface area contributed by atoms with Crippen molar-refractivity contribution in [2.24, 2.45) is 5.92 Å². The Bertz CT molecular complexity index is 1680. The number of nitrogens with zero attached hydrogens (tertiary/aromatic N) is 2. The molecule has 0 aliphatic heterocycles. The summed E-state index contributed by atoms with van der Waals surface area (Å²) in [5.74, 6) is -0.262. The Morgan fingerprint density at radius 3 is 2.37 bits per heavy atom. The molecule has 9 nitrogen and oxygen atoms in total. The molecule has 0 spiro atoms. The number of fused-ring (bicyclic) bond motifs is 1. The highest BCUT2D eigenvalue weighted by Crippen LogP contribution is 2.35. The average molecular weight is 597 g/mol. The van der Waals surface area contributed by atoms with Crippen molar-refractivity contribution in [3.63, 3.8) is 0 Å². The number of carbonyl (C=O) groups excluding carboxylic acids is 2. The Kier molecular flexibility index (Phi) is 8.74. The van der Waals surface area contributed by atoms with E-state index in [-0.39, 0.29) is 16.5 Å². The number of carbonyl (C=O) groups is 2. The van der Waals surface area contributed by atoms with Gasteiger partial charge in [-0.25, -0.2) is 22.2 Å². The monoisotopic (exact) mass is 596 g/mol. The van der Waals surface area contributed by atoms with Crippen molar-refractivity contribution in [2.45, 2.75) is 57.6 Å². The molecule has 11 heteroatoms. The van der Waals surface area contributed by atoms with Gasteiger partial charge in [-0.3, -0.25) is 4.79 Å². The molecule has 0 aliphatic carbocycles. The van der Waals surface area contributed by atoms with E-state index in [0.29, 0.717) is 33.6 Å². The minimum absolute atomic E-state index is 0.138. The van der Waals surface area contributed by atoms with Crippen molar-refractivity contribution in [1.82, 2.24) is 14.3 Å². The number of alkyl carbamates (subject to hydrolysis) is 1. The summed E-state index contributed by atoms with van der Waals surface area (Å²) in [7, 11) is -3.85. The summed E-state index contributed by atoms with van der Waals surface area (Å²) in [5, 5.41) is 6.43. The first-order valence-electron chi connectivity index (χ1n) is 13.1. The summed E-state index contributed by atoms with van der Waals surface area (Å²) >= 11 is 6.67. The lowest BCUT2D eigenvalue weighted by molar-refractivity contribution is -0.118. The molecule has 2 aromatic heterocycles. The first-order chi connectivity index (χ1) is 19.3. The van der Waals surface area contributed by atoms with E-state index in [1.807, 2.05) is 13.8 Å². The molecule has 2 amide bonds. The normalized spacial score (nSPS) is 12.8. The fourth-order valence-electron chi connectivity index (χ4n) is 4.34. The predicted molar refractivity (Wildman–Crippen MR) is 160 cm³/mol. The van der Waals surface area contributed by atoms with Crippen LogP contribution in [-0.2, 0) is 19.6 Å². The van der Waals surface area contributed by atoms with E-state index in [4.69, 9.17) is 16.3 Å². The van der Waals surface area contributed by atoms with Gasteiger partial charge < -0.3 is 15.4 Å². The van der Waals surface area contributed by atoms with Crippen LogP contribution in [0.4, 0.5) is 10.5 Å². The number of rotatable bonds is 8. The van der Waals surface area contributed by atoms with Gasteiger partial charge >= 0.3 is 6.09 Å². The molecule has 0 unspecified atom stereocenters. The molecule has 0 saturated heterocycles. The number of hydrogen-bond acceptors (Lipinski definition) is 6. The summed E-state index contributed by atoms with van der Waals surface area (Å²) in [6, 6.07) is 15.8.